The van der Waals surface area contributed by atoms with Crippen LogP contribution in [0.2, 0.25) is 0 Å². The van der Waals surface area contributed by atoms with Gasteiger partial charge < -0.3 is 13.9 Å². The monoisotopic (exact) mass is 804 g/mol. The summed E-state index contributed by atoms with van der Waals surface area (Å²) >= 11 is 0. The smallest absolute Gasteiger partial charge is 0.143 e. The van der Waals surface area contributed by atoms with Crippen LogP contribution < -0.4 is 4.90 Å². The van der Waals surface area contributed by atoms with Gasteiger partial charge in [0.15, 0.2) is 0 Å². The maximum atomic E-state index is 6.80. The molecule has 63 heavy (non-hydrogen) atoms. The van der Waals surface area contributed by atoms with Crippen molar-refractivity contribution in [1.82, 2.24) is 4.57 Å². The summed E-state index contributed by atoms with van der Waals surface area (Å²) in [5.41, 5.74) is 17.6. The number of anilines is 3. The molecular formula is C60H40N2O. The lowest BCUT2D eigenvalue weighted by molar-refractivity contribution is 0.670. The third-order valence-corrected chi connectivity index (χ3v) is 12.4. The van der Waals surface area contributed by atoms with Gasteiger partial charge in [-0.2, -0.15) is 0 Å². The lowest BCUT2D eigenvalue weighted by Gasteiger charge is -2.27. The van der Waals surface area contributed by atoms with Crippen LogP contribution in [-0.2, 0) is 0 Å². The molecule has 12 rings (SSSR count). The first-order valence-electron chi connectivity index (χ1n) is 21.5. The first kappa shape index (κ1) is 36.5. The molecule has 0 aliphatic carbocycles. The number of benzene rings is 10. The molecule has 10 aromatic carbocycles. The van der Waals surface area contributed by atoms with Crippen molar-refractivity contribution in [3.8, 4) is 50.2 Å². The van der Waals surface area contributed by atoms with Gasteiger partial charge in [0, 0.05) is 49.9 Å². The van der Waals surface area contributed by atoms with E-state index in [0.717, 1.165) is 61.4 Å². The van der Waals surface area contributed by atoms with E-state index < -0.39 is 0 Å². The highest BCUT2D eigenvalue weighted by molar-refractivity contribution is 6.12. The topological polar surface area (TPSA) is 21.3 Å². The molecule has 0 saturated heterocycles. The van der Waals surface area contributed by atoms with Crippen LogP contribution in [0.4, 0.5) is 17.1 Å². The molecule has 0 unspecified atom stereocenters. The van der Waals surface area contributed by atoms with E-state index in [9.17, 15) is 0 Å². The zero-order chi connectivity index (χ0) is 41.7. The summed E-state index contributed by atoms with van der Waals surface area (Å²) in [6.45, 7) is 0. The average Bonchev–Trinajstić information content (AvgIpc) is 3.91. The van der Waals surface area contributed by atoms with Crippen molar-refractivity contribution in [3.05, 3.63) is 243 Å². The summed E-state index contributed by atoms with van der Waals surface area (Å²) < 4.78 is 9.18. The van der Waals surface area contributed by atoms with Crippen LogP contribution in [0.25, 0.3) is 93.9 Å². The first-order chi connectivity index (χ1) is 31.2. The van der Waals surface area contributed by atoms with E-state index in [1.165, 1.54) is 49.6 Å². The highest BCUT2D eigenvalue weighted by atomic mass is 16.3. The first-order valence-corrected chi connectivity index (χ1v) is 21.5. The molecule has 0 spiro atoms. The number of hydrogen-bond donors (Lipinski definition) is 0. The molecule has 2 heterocycles. The van der Waals surface area contributed by atoms with Crippen molar-refractivity contribution < 1.29 is 4.42 Å². The molecule has 0 saturated carbocycles. The second-order valence-electron chi connectivity index (χ2n) is 16.1. The van der Waals surface area contributed by atoms with Crippen LogP contribution in [0, 0.1) is 0 Å². The van der Waals surface area contributed by atoms with Gasteiger partial charge in [0.25, 0.3) is 0 Å². The van der Waals surface area contributed by atoms with Crippen LogP contribution >= 0.6 is 0 Å². The standard InChI is InChI=1S/C60H40N2O/c1-3-14-41(15-4-1)43-26-28-44(29-27-43)46-32-36-49(37-33-46)61(48-34-30-45(31-35-48)42-16-5-2-6-17-42)51-39-55(60-56(40-51)54-22-9-12-25-59(54)63-60)47-18-13-19-50(38-47)62-57-23-10-7-20-52(57)53-21-8-11-24-58(53)62/h1-40H. The van der Waals surface area contributed by atoms with E-state index in [4.69, 9.17) is 4.42 Å². The molecule has 12 aromatic rings. The molecule has 3 heteroatoms. The Balaban J connectivity index is 1.02. The maximum Gasteiger partial charge on any atom is 0.143 e. The predicted octanol–water partition coefficient (Wildman–Crippen LogP) is 16.8. The second kappa shape index (κ2) is 15.3. The number of nitrogens with zero attached hydrogens (tertiary/aromatic N) is 2. The molecule has 0 aliphatic rings. The van der Waals surface area contributed by atoms with Crippen LogP contribution in [0.5, 0.6) is 0 Å². The van der Waals surface area contributed by atoms with Gasteiger partial charge in [-0.3, -0.25) is 0 Å². The lowest BCUT2D eigenvalue weighted by Crippen LogP contribution is -2.10. The minimum Gasteiger partial charge on any atom is -0.455 e. The zero-order valence-electron chi connectivity index (χ0n) is 34.4. The minimum absolute atomic E-state index is 0.867. The van der Waals surface area contributed by atoms with Crippen molar-refractivity contribution in [2.45, 2.75) is 0 Å². The van der Waals surface area contributed by atoms with E-state index in [1.54, 1.807) is 0 Å². The average molecular weight is 805 g/mol. The highest BCUT2D eigenvalue weighted by Crippen LogP contribution is 2.45. The largest absolute Gasteiger partial charge is 0.455 e. The number of fused-ring (bicyclic) bond motifs is 6. The maximum absolute atomic E-state index is 6.80. The number of furan rings is 1. The predicted molar refractivity (Wildman–Crippen MR) is 264 cm³/mol. The zero-order valence-corrected chi connectivity index (χ0v) is 34.4. The summed E-state index contributed by atoms with van der Waals surface area (Å²) in [4.78, 5) is 2.37. The van der Waals surface area contributed by atoms with Gasteiger partial charge >= 0.3 is 0 Å². The summed E-state index contributed by atoms with van der Waals surface area (Å²) in [5, 5.41) is 4.64. The number of aromatic nitrogens is 1. The Bertz CT molecular complexity index is 3530. The normalized spacial score (nSPS) is 11.5. The Morgan fingerprint density at radius 3 is 1.30 bits per heavy atom. The summed E-state index contributed by atoms with van der Waals surface area (Å²) in [6, 6.07) is 87.1. The highest BCUT2D eigenvalue weighted by Gasteiger charge is 2.21. The molecule has 2 aromatic heterocycles. The molecule has 0 aliphatic heterocycles. The van der Waals surface area contributed by atoms with Crippen molar-refractivity contribution in [3.63, 3.8) is 0 Å². The van der Waals surface area contributed by atoms with Crippen LogP contribution in [0.3, 0.4) is 0 Å². The molecule has 3 nitrogen and oxygen atoms in total. The molecule has 0 atom stereocenters. The van der Waals surface area contributed by atoms with Crippen molar-refractivity contribution >= 4 is 60.8 Å². The van der Waals surface area contributed by atoms with Crippen molar-refractivity contribution in [2.75, 3.05) is 4.90 Å². The van der Waals surface area contributed by atoms with Gasteiger partial charge in [0.05, 0.1) is 11.0 Å². The van der Waals surface area contributed by atoms with E-state index in [1.807, 2.05) is 6.07 Å². The Kier molecular flexibility index (Phi) is 8.83. The Morgan fingerprint density at radius 2 is 0.746 bits per heavy atom. The molecule has 0 radical (unpaired) electrons. The molecule has 0 fully saturated rings. The van der Waals surface area contributed by atoms with Crippen LogP contribution in [0.15, 0.2) is 247 Å². The van der Waals surface area contributed by atoms with Gasteiger partial charge in [0.1, 0.15) is 11.2 Å². The summed E-state index contributed by atoms with van der Waals surface area (Å²) in [5.74, 6) is 0. The molecule has 0 bridgehead atoms. The fourth-order valence-corrected chi connectivity index (χ4v) is 9.34. The van der Waals surface area contributed by atoms with Gasteiger partial charge in [-0.05, 0) is 106 Å². The van der Waals surface area contributed by atoms with E-state index in [2.05, 4.69) is 246 Å². The van der Waals surface area contributed by atoms with E-state index in [-0.39, 0.29) is 0 Å². The number of hydrogen-bond acceptors (Lipinski definition) is 2. The van der Waals surface area contributed by atoms with Gasteiger partial charge in [-0.1, -0.05) is 176 Å². The SMILES string of the molecule is c1ccc(-c2ccc(-c3ccc(N(c4ccc(-c5ccccc5)cc4)c4cc(-c5cccc(-n6c7ccccc7c7ccccc76)c5)c5oc6ccccc6c5c4)cc3)cc2)cc1. The van der Waals surface area contributed by atoms with Crippen LogP contribution in [-0.4, -0.2) is 4.57 Å². The van der Waals surface area contributed by atoms with Crippen LogP contribution in [0.1, 0.15) is 0 Å². The second-order valence-corrected chi connectivity index (χ2v) is 16.1. The minimum atomic E-state index is 0.867. The van der Waals surface area contributed by atoms with E-state index >= 15 is 0 Å². The molecule has 0 N–H and O–H groups in total. The quantitative estimate of drug-likeness (QED) is 0.153. The van der Waals surface area contributed by atoms with Gasteiger partial charge in [-0.25, -0.2) is 0 Å². The molecule has 296 valence electrons. The third kappa shape index (κ3) is 6.46. The Labute approximate surface area is 366 Å². The lowest BCUT2D eigenvalue weighted by atomic mass is 9.98. The van der Waals surface area contributed by atoms with Gasteiger partial charge in [-0.15, -0.1) is 0 Å². The van der Waals surface area contributed by atoms with Crippen molar-refractivity contribution in [2.24, 2.45) is 0 Å². The summed E-state index contributed by atoms with van der Waals surface area (Å²) in [7, 11) is 0. The van der Waals surface area contributed by atoms with E-state index in [0.29, 0.717) is 0 Å². The molecule has 0 amide bonds. The van der Waals surface area contributed by atoms with Crippen molar-refractivity contribution in [1.29, 1.82) is 0 Å². The van der Waals surface area contributed by atoms with Gasteiger partial charge in [0.2, 0.25) is 0 Å². The Morgan fingerprint density at radius 1 is 0.302 bits per heavy atom. The molecular weight excluding hydrogens is 765 g/mol. The fraction of sp³-hybridized carbons (Fsp3) is 0. The number of para-hydroxylation sites is 3. The third-order valence-electron chi connectivity index (χ3n) is 12.4. The Hall–Kier alpha value is -8.40. The fourth-order valence-electron chi connectivity index (χ4n) is 9.34. The number of rotatable bonds is 8. The summed E-state index contributed by atoms with van der Waals surface area (Å²) in [6.07, 6.45) is 0.